The lowest BCUT2D eigenvalue weighted by Gasteiger charge is -2.21. The van der Waals surface area contributed by atoms with Gasteiger partial charge in [0.15, 0.2) is 5.78 Å². The van der Waals surface area contributed by atoms with E-state index in [9.17, 15) is 4.79 Å². The van der Waals surface area contributed by atoms with Crippen molar-refractivity contribution >= 4 is 17.4 Å². The molecule has 4 rings (SSSR count). The minimum atomic E-state index is 0.167. The van der Waals surface area contributed by atoms with Crippen LogP contribution < -0.4 is 4.74 Å². The summed E-state index contributed by atoms with van der Waals surface area (Å²) in [7, 11) is 1.64. The van der Waals surface area contributed by atoms with Crippen LogP contribution in [0.1, 0.15) is 59.4 Å². The molecule has 0 aliphatic heterocycles. The molecule has 29 heavy (non-hydrogen) atoms. The number of halogens is 1. The molecule has 1 atom stereocenters. The van der Waals surface area contributed by atoms with Crippen LogP contribution in [-0.4, -0.2) is 22.7 Å². The fraction of sp³-hybridized carbons (Fsp3) is 0.333. The summed E-state index contributed by atoms with van der Waals surface area (Å²) in [5.41, 5.74) is 4.62. The molecule has 2 aromatic carbocycles. The van der Waals surface area contributed by atoms with Crippen molar-refractivity contribution in [2.75, 3.05) is 7.11 Å². The van der Waals surface area contributed by atoms with Gasteiger partial charge in [-0.2, -0.15) is 5.10 Å². The molecule has 0 spiro atoms. The lowest BCUT2D eigenvalue weighted by molar-refractivity contribution is 0.0963. The Bertz CT molecular complexity index is 1030. The third-order valence-corrected chi connectivity index (χ3v) is 5.85. The second kappa shape index (κ2) is 8.42. The molecule has 1 aliphatic carbocycles. The molecule has 1 aliphatic rings. The Labute approximate surface area is 176 Å². The molecule has 5 heteroatoms. The van der Waals surface area contributed by atoms with Crippen LogP contribution in [0.3, 0.4) is 0 Å². The first-order chi connectivity index (χ1) is 14.1. The molecule has 0 saturated heterocycles. The fourth-order valence-corrected chi connectivity index (χ4v) is 4.33. The highest BCUT2D eigenvalue weighted by Crippen LogP contribution is 2.37. The van der Waals surface area contributed by atoms with Crippen molar-refractivity contribution < 1.29 is 9.53 Å². The number of benzene rings is 2. The number of unbranched alkanes of at least 4 members (excludes halogenated alkanes) is 1. The zero-order valence-corrected chi connectivity index (χ0v) is 17.6. The first-order valence-corrected chi connectivity index (χ1v) is 10.5. The quantitative estimate of drug-likeness (QED) is 0.518. The molecule has 0 bridgehead atoms. The second-order valence-corrected chi connectivity index (χ2v) is 7.98. The molecule has 0 amide bonds. The van der Waals surface area contributed by atoms with E-state index in [1.54, 1.807) is 13.2 Å². The Kier molecular flexibility index (Phi) is 5.72. The SMILES string of the molecule is CCCCc1c2c(nn1-c1cc(Cl)ccc1OC)C[C@@H](c1ccccc1)CC2=O. The predicted molar refractivity (Wildman–Crippen MR) is 116 cm³/mol. The van der Waals surface area contributed by atoms with Crippen LogP contribution in [0, 0.1) is 0 Å². The van der Waals surface area contributed by atoms with Crippen LogP contribution in [0.5, 0.6) is 5.75 Å². The highest BCUT2D eigenvalue weighted by atomic mass is 35.5. The Morgan fingerprint density at radius 3 is 2.69 bits per heavy atom. The summed E-state index contributed by atoms with van der Waals surface area (Å²) >= 11 is 6.28. The first-order valence-electron chi connectivity index (χ1n) is 10.1. The largest absolute Gasteiger partial charge is 0.494 e. The second-order valence-electron chi connectivity index (χ2n) is 7.54. The molecular weight excluding hydrogens is 384 g/mol. The number of methoxy groups -OCH3 is 1. The van der Waals surface area contributed by atoms with Gasteiger partial charge in [-0.05, 0) is 48.9 Å². The third kappa shape index (κ3) is 3.82. The van der Waals surface area contributed by atoms with Crippen LogP contribution in [-0.2, 0) is 12.8 Å². The maximum Gasteiger partial charge on any atom is 0.167 e. The predicted octanol–water partition coefficient (Wildman–Crippen LogP) is 5.79. The Morgan fingerprint density at radius 2 is 1.97 bits per heavy atom. The number of carbonyl (C=O) groups is 1. The molecule has 0 unspecified atom stereocenters. The van der Waals surface area contributed by atoms with Crippen molar-refractivity contribution in [1.82, 2.24) is 9.78 Å². The summed E-state index contributed by atoms with van der Waals surface area (Å²) in [4.78, 5) is 13.2. The minimum Gasteiger partial charge on any atom is -0.494 e. The molecule has 4 nitrogen and oxygen atoms in total. The number of nitrogens with zero attached hydrogens (tertiary/aromatic N) is 2. The van der Waals surface area contributed by atoms with Gasteiger partial charge in [-0.1, -0.05) is 55.3 Å². The Balaban J connectivity index is 1.83. The van der Waals surface area contributed by atoms with Crippen molar-refractivity contribution in [3.05, 3.63) is 76.1 Å². The van der Waals surface area contributed by atoms with Crippen LogP contribution in [0.15, 0.2) is 48.5 Å². The van der Waals surface area contributed by atoms with E-state index >= 15 is 0 Å². The highest BCUT2D eigenvalue weighted by molar-refractivity contribution is 6.30. The summed E-state index contributed by atoms with van der Waals surface area (Å²) < 4.78 is 7.44. The Morgan fingerprint density at radius 1 is 1.17 bits per heavy atom. The summed E-state index contributed by atoms with van der Waals surface area (Å²) in [5, 5.41) is 5.52. The van der Waals surface area contributed by atoms with E-state index in [2.05, 4.69) is 19.1 Å². The third-order valence-electron chi connectivity index (χ3n) is 5.61. The van der Waals surface area contributed by atoms with Gasteiger partial charge in [-0.25, -0.2) is 4.68 Å². The van der Waals surface area contributed by atoms with Crippen molar-refractivity contribution in [1.29, 1.82) is 0 Å². The van der Waals surface area contributed by atoms with Crippen molar-refractivity contribution in [2.45, 2.75) is 44.9 Å². The molecule has 150 valence electrons. The van der Waals surface area contributed by atoms with Gasteiger partial charge < -0.3 is 4.74 Å². The van der Waals surface area contributed by atoms with E-state index in [1.807, 2.05) is 35.0 Å². The lowest BCUT2D eigenvalue weighted by Crippen LogP contribution is -2.19. The molecular formula is C24H25ClN2O2. The van der Waals surface area contributed by atoms with E-state index in [1.165, 1.54) is 5.56 Å². The zero-order chi connectivity index (χ0) is 20.4. The van der Waals surface area contributed by atoms with Crippen molar-refractivity contribution in [3.63, 3.8) is 0 Å². The topological polar surface area (TPSA) is 44.1 Å². The fourth-order valence-electron chi connectivity index (χ4n) is 4.16. The van der Waals surface area contributed by atoms with E-state index < -0.39 is 0 Å². The molecule has 0 saturated carbocycles. The standard InChI is InChI=1S/C24H25ClN2O2/c1-3-4-10-20-24-19(13-17(14-22(24)28)16-8-6-5-7-9-16)26-27(20)21-15-18(25)11-12-23(21)29-2/h5-9,11-12,15,17H,3-4,10,13-14H2,1-2H3/t17-/m1/s1. The van der Waals surface area contributed by atoms with Gasteiger partial charge in [-0.3, -0.25) is 4.79 Å². The summed E-state index contributed by atoms with van der Waals surface area (Å²) in [5.74, 6) is 1.04. The van der Waals surface area contributed by atoms with E-state index in [0.29, 0.717) is 17.2 Å². The molecule has 3 aromatic rings. The van der Waals surface area contributed by atoms with Gasteiger partial charge in [0, 0.05) is 11.4 Å². The Hall–Kier alpha value is -2.59. The average molecular weight is 409 g/mol. The van der Waals surface area contributed by atoms with E-state index in [0.717, 1.165) is 48.3 Å². The number of Topliss-reactive ketones (excluding diaryl/α,β-unsaturated/α-hetero) is 1. The summed E-state index contributed by atoms with van der Waals surface area (Å²) in [6.45, 7) is 2.15. The van der Waals surface area contributed by atoms with Gasteiger partial charge in [0.05, 0.1) is 24.1 Å². The summed E-state index contributed by atoms with van der Waals surface area (Å²) in [6.07, 6.45) is 4.13. The van der Waals surface area contributed by atoms with Crippen LogP contribution in [0.25, 0.3) is 5.69 Å². The number of ketones is 1. The van der Waals surface area contributed by atoms with Gasteiger partial charge in [0.2, 0.25) is 0 Å². The normalized spacial score (nSPS) is 16.0. The average Bonchev–Trinajstić information content (AvgIpc) is 3.11. The van der Waals surface area contributed by atoms with E-state index in [-0.39, 0.29) is 11.7 Å². The number of hydrogen-bond donors (Lipinski definition) is 0. The number of rotatable bonds is 6. The number of fused-ring (bicyclic) bond motifs is 1. The zero-order valence-electron chi connectivity index (χ0n) is 16.8. The number of hydrogen-bond acceptors (Lipinski definition) is 3. The molecule has 0 N–H and O–H groups in total. The van der Waals surface area contributed by atoms with Crippen LogP contribution >= 0.6 is 11.6 Å². The monoisotopic (exact) mass is 408 g/mol. The van der Waals surface area contributed by atoms with Crippen LogP contribution in [0.4, 0.5) is 0 Å². The molecule has 0 radical (unpaired) electrons. The number of carbonyl (C=O) groups excluding carboxylic acids is 1. The first kappa shape index (κ1) is 19.7. The molecule has 1 heterocycles. The van der Waals surface area contributed by atoms with Gasteiger partial charge >= 0.3 is 0 Å². The summed E-state index contributed by atoms with van der Waals surface area (Å²) in [6, 6.07) is 15.7. The highest BCUT2D eigenvalue weighted by Gasteiger charge is 2.33. The van der Waals surface area contributed by atoms with Gasteiger partial charge in [0.1, 0.15) is 11.4 Å². The van der Waals surface area contributed by atoms with E-state index in [4.69, 9.17) is 21.4 Å². The lowest BCUT2D eigenvalue weighted by atomic mass is 9.81. The number of aromatic nitrogens is 2. The number of ether oxygens (including phenoxy) is 1. The maximum absolute atomic E-state index is 13.2. The van der Waals surface area contributed by atoms with Gasteiger partial charge in [0.25, 0.3) is 0 Å². The van der Waals surface area contributed by atoms with Crippen molar-refractivity contribution in [2.24, 2.45) is 0 Å². The van der Waals surface area contributed by atoms with Crippen LogP contribution in [0.2, 0.25) is 5.02 Å². The smallest absolute Gasteiger partial charge is 0.167 e. The van der Waals surface area contributed by atoms with Crippen molar-refractivity contribution in [3.8, 4) is 11.4 Å². The molecule has 1 aromatic heterocycles. The molecule has 0 fully saturated rings. The van der Waals surface area contributed by atoms with Gasteiger partial charge in [-0.15, -0.1) is 0 Å². The minimum absolute atomic E-state index is 0.167. The maximum atomic E-state index is 13.2.